The van der Waals surface area contributed by atoms with Gasteiger partial charge < -0.3 is 110 Å². The second-order valence-corrected chi connectivity index (χ2v) is 15.8. The first-order valence-corrected chi connectivity index (χ1v) is 19.9. The third-order valence-electron chi connectivity index (χ3n) is 10.9. The lowest BCUT2D eigenvalue weighted by atomic mass is 9.87. The maximum Gasteiger partial charge on any atom is 0.328 e. The van der Waals surface area contributed by atoms with E-state index in [1.807, 2.05) is 0 Å². The van der Waals surface area contributed by atoms with Gasteiger partial charge in [-0.1, -0.05) is 0 Å². The van der Waals surface area contributed by atoms with Crippen molar-refractivity contribution in [2.45, 2.75) is 145 Å². The standard InChI is InChI=1S/C37H61N3O22/c1-13(44)5-17-26(47)29(50)22(8-41)60-35(17)57-11-20(39-33(54)25(38)16(4)59-37-19(7-15(3)46)28(49)31(52)24(10-43)62-37)32(53)40-21(34(55)56)12-58-36-18(6-14(2)45)27(48)30(51)23(9-42)61-36/h16-31,35-37,41-43,47-52H,5-12,38H2,1-4H3,(H,39,54)(H,40,53)(H,55,56)/t16?,17?,18?,19?,20?,21?,22?,23?,24?,25?,26-,27-,28-,29-,30-,31-,35+,36+,37+/m0/s1. The van der Waals surface area contributed by atoms with Crippen molar-refractivity contribution in [3.63, 3.8) is 0 Å². The minimum absolute atomic E-state index is 0.352. The molecule has 0 aromatic rings. The normalized spacial score (nSPS) is 35.8. The zero-order chi connectivity index (χ0) is 46.7. The Morgan fingerprint density at radius 3 is 1.26 bits per heavy atom. The first kappa shape index (κ1) is 53.1. The molecule has 0 aliphatic carbocycles. The number of aliphatic hydroxyl groups is 9. The molecule has 3 saturated heterocycles. The second-order valence-electron chi connectivity index (χ2n) is 15.8. The van der Waals surface area contributed by atoms with Gasteiger partial charge in [0.2, 0.25) is 11.8 Å². The van der Waals surface area contributed by atoms with E-state index in [9.17, 15) is 79.8 Å². The van der Waals surface area contributed by atoms with Crippen LogP contribution in [0.2, 0.25) is 0 Å². The first-order valence-electron chi connectivity index (χ1n) is 19.9. The Kier molecular flexibility index (Phi) is 20.7. The molecule has 0 bridgehead atoms. The average Bonchev–Trinajstić information content (AvgIpc) is 3.21. The topological polar surface area (TPSA) is 410 Å². The van der Waals surface area contributed by atoms with E-state index in [-0.39, 0.29) is 6.42 Å². The number of aliphatic carboxylic acids is 1. The SMILES string of the molecule is CC(=O)CC1[C@H](OCC(NC(=O)C(CO[C@@H]2OC(CO)[C@H](O)[C@@H](O)C2CC(C)=O)NC(=O)C(N)C(C)O[C@@H]2OC(CO)[C@H](O)[C@@H](O)C2CC(C)=O)C(=O)O)OC(CO)[C@H](O)[C@H]1O. The minimum atomic E-state index is -1.97. The van der Waals surface area contributed by atoms with Crippen molar-refractivity contribution in [2.75, 3.05) is 33.0 Å². The van der Waals surface area contributed by atoms with Gasteiger partial charge in [-0.15, -0.1) is 0 Å². The van der Waals surface area contributed by atoms with Crippen LogP contribution in [0.4, 0.5) is 0 Å². The summed E-state index contributed by atoms with van der Waals surface area (Å²) in [6, 6.07) is -5.58. The first-order chi connectivity index (χ1) is 29.1. The molecule has 0 spiro atoms. The van der Waals surface area contributed by atoms with Gasteiger partial charge in [0.25, 0.3) is 0 Å². The van der Waals surface area contributed by atoms with E-state index in [0.29, 0.717) is 0 Å². The van der Waals surface area contributed by atoms with Gasteiger partial charge in [-0.05, 0) is 27.7 Å². The number of rotatable bonds is 23. The lowest BCUT2D eigenvalue weighted by Crippen LogP contribution is -2.61. The molecule has 0 radical (unpaired) electrons. The number of nitrogens with one attached hydrogen (secondary N) is 2. The molecule has 62 heavy (non-hydrogen) atoms. The maximum atomic E-state index is 13.9. The van der Waals surface area contributed by atoms with Gasteiger partial charge >= 0.3 is 5.97 Å². The molecule has 3 aliphatic heterocycles. The molecular weight excluding hydrogens is 838 g/mol. The highest BCUT2D eigenvalue weighted by molar-refractivity contribution is 5.92. The predicted octanol–water partition coefficient (Wildman–Crippen LogP) is -7.09. The molecule has 25 nitrogen and oxygen atoms in total. The Morgan fingerprint density at radius 2 is 0.903 bits per heavy atom. The van der Waals surface area contributed by atoms with Gasteiger partial charge in [0.15, 0.2) is 24.9 Å². The van der Waals surface area contributed by atoms with Crippen molar-refractivity contribution in [1.82, 2.24) is 10.6 Å². The fourth-order valence-corrected chi connectivity index (χ4v) is 7.31. The van der Waals surface area contributed by atoms with Crippen LogP contribution < -0.4 is 16.4 Å². The van der Waals surface area contributed by atoms with E-state index in [4.69, 9.17) is 34.2 Å². The number of ketones is 3. The molecule has 0 aromatic carbocycles. The summed E-state index contributed by atoms with van der Waals surface area (Å²) in [5, 5.41) is 107. The van der Waals surface area contributed by atoms with Crippen LogP contribution in [0.15, 0.2) is 0 Å². The monoisotopic (exact) mass is 899 g/mol. The molecule has 0 aromatic heterocycles. The molecule has 3 rings (SSSR count). The molecule has 356 valence electrons. The predicted molar refractivity (Wildman–Crippen MR) is 202 cm³/mol. The van der Waals surface area contributed by atoms with Gasteiger partial charge in [-0.3, -0.25) is 9.59 Å². The molecule has 10 unspecified atom stereocenters. The number of carboxylic acid groups (broad SMARTS) is 1. The summed E-state index contributed by atoms with van der Waals surface area (Å²) < 4.78 is 33.8. The smallest absolute Gasteiger partial charge is 0.328 e. The van der Waals surface area contributed by atoms with E-state index in [2.05, 4.69) is 10.6 Å². The molecule has 19 atom stereocenters. The number of nitrogens with two attached hydrogens (primary N) is 1. The molecular formula is C37H61N3O22. The second kappa shape index (κ2) is 24.2. The van der Waals surface area contributed by atoms with E-state index in [1.54, 1.807) is 0 Å². The maximum absolute atomic E-state index is 13.9. The van der Waals surface area contributed by atoms with E-state index in [1.165, 1.54) is 27.7 Å². The van der Waals surface area contributed by atoms with Crippen LogP contribution in [0.5, 0.6) is 0 Å². The van der Waals surface area contributed by atoms with Crippen LogP contribution in [0, 0.1) is 17.8 Å². The van der Waals surface area contributed by atoms with Crippen LogP contribution in [0.1, 0.15) is 47.0 Å². The molecule has 2 amide bonds. The Labute approximate surface area is 355 Å². The number of hydrogen-bond donors (Lipinski definition) is 13. The van der Waals surface area contributed by atoms with Gasteiger partial charge in [-0.25, -0.2) is 4.79 Å². The van der Waals surface area contributed by atoms with Crippen LogP contribution in [0.3, 0.4) is 0 Å². The van der Waals surface area contributed by atoms with Crippen LogP contribution in [-0.2, 0) is 57.2 Å². The highest BCUT2D eigenvalue weighted by Gasteiger charge is 2.49. The van der Waals surface area contributed by atoms with Crippen molar-refractivity contribution >= 4 is 35.1 Å². The fraction of sp³-hybridized carbons (Fsp3) is 0.838. The van der Waals surface area contributed by atoms with Crippen molar-refractivity contribution in [1.29, 1.82) is 0 Å². The van der Waals surface area contributed by atoms with Gasteiger partial charge in [-0.2, -0.15) is 0 Å². The Morgan fingerprint density at radius 1 is 0.565 bits per heavy atom. The quantitative estimate of drug-likeness (QED) is 0.0453. The minimum Gasteiger partial charge on any atom is -0.480 e. The van der Waals surface area contributed by atoms with Crippen molar-refractivity contribution in [3.05, 3.63) is 0 Å². The average molecular weight is 900 g/mol. The highest BCUT2D eigenvalue weighted by Crippen LogP contribution is 2.33. The van der Waals surface area contributed by atoms with Crippen LogP contribution >= 0.6 is 0 Å². The molecule has 3 fully saturated rings. The fourth-order valence-electron chi connectivity index (χ4n) is 7.31. The van der Waals surface area contributed by atoms with E-state index in [0.717, 1.165) is 0 Å². The van der Waals surface area contributed by atoms with Crippen LogP contribution in [0.25, 0.3) is 0 Å². The summed E-state index contributed by atoms with van der Waals surface area (Å²) in [7, 11) is 0. The molecule has 25 heteroatoms. The van der Waals surface area contributed by atoms with Crippen molar-refractivity contribution in [3.8, 4) is 0 Å². The molecule has 3 aliphatic rings. The Balaban J connectivity index is 1.88. The lowest BCUT2D eigenvalue weighted by molar-refractivity contribution is -0.296. The summed E-state index contributed by atoms with van der Waals surface area (Å²) in [6.07, 6.45) is -21.3. The number of aliphatic hydroxyl groups excluding tert-OH is 9. The summed E-state index contributed by atoms with van der Waals surface area (Å²) in [6.45, 7) is 0.620. The zero-order valence-corrected chi connectivity index (χ0v) is 34.6. The summed E-state index contributed by atoms with van der Waals surface area (Å²) in [5.41, 5.74) is 6.21. The highest BCUT2D eigenvalue weighted by atomic mass is 16.7. The summed E-state index contributed by atoms with van der Waals surface area (Å²) in [5.74, 6) is -9.20. The third kappa shape index (κ3) is 13.9. The third-order valence-corrected chi connectivity index (χ3v) is 10.9. The number of hydrogen-bond acceptors (Lipinski definition) is 22. The van der Waals surface area contributed by atoms with Gasteiger partial charge in [0.1, 0.15) is 66.1 Å². The Bertz CT molecular complexity index is 1530. The summed E-state index contributed by atoms with van der Waals surface area (Å²) in [4.78, 5) is 76.0. The van der Waals surface area contributed by atoms with E-state index < -0.39 is 197 Å². The molecule has 0 saturated carbocycles. The number of carbonyl (C=O) groups is 6. The number of carboxylic acids is 1. The van der Waals surface area contributed by atoms with Gasteiger partial charge in [0, 0.05) is 37.0 Å². The number of amides is 2. The van der Waals surface area contributed by atoms with Crippen molar-refractivity contribution in [2.24, 2.45) is 23.5 Å². The van der Waals surface area contributed by atoms with Gasteiger partial charge in [0.05, 0.1) is 57.5 Å². The van der Waals surface area contributed by atoms with Crippen LogP contribution in [-0.4, -0.2) is 217 Å². The number of ether oxygens (including phenoxy) is 6. The molecule has 14 N–H and O–H groups in total. The Hall–Kier alpha value is -3.22. The van der Waals surface area contributed by atoms with E-state index >= 15 is 0 Å². The largest absolute Gasteiger partial charge is 0.480 e. The zero-order valence-electron chi connectivity index (χ0n) is 34.6. The molecule has 3 heterocycles. The number of Topliss-reactive ketones (excluding diaryl/α,β-unsaturated/α-hetero) is 3. The number of carbonyl (C=O) groups excluding carboxylic acids is 5. The van der Waals surface area contributed by atoms with Crippen molar-refractivity contribution < 1.29 is 108 Å². The lowest BCUT2D eigenvalue weighted by Gasteiger charge is -2.43. The summed E-state index contributed by atoms with van der Waals surface area (Å²) >= 11 is 0.